The third-order valence-corrected chi connectivity index (χ3v) is 3.78. The fourth-order valence-corrected chi connectivity index (χ4v) is 2.59. The van der Waals surface area contributed by atoms with Crippen molar-refractivity contribution in [1.29, 1.82) is 0 Å². The zero-order valence-electron chi connectivity index (χ0n) is 9.44. The molecule has 0 aliphatic heterocycles. The van der Waals surface area contributed by atoms with Crippen molar-refractivity contribution in [1.82, 2.24) is 4.57 Å². The van der Waals surface area contributed by atoms with Gasteiger partial charge in [-0.25, -0.2) is 4.21 Å². The molecule has 0 fully saturated rings. The molecule has 0 spiro atoms. The van der Waals surface area contributed by atoms with Crippen molar-refractivity contribution in [2.24, 2.45) is 7.05 Å². The second-order valence-electron chi connectivity index (χ2n) is 3.80. The summed E-state index contributed by atoms with van der Waals surface area (Å²) in [4.78, 5) is 0.923. The molecule has 6 heteroatoms. The Bertz CT molecular complexity index is 572. The van der Waals surface area contributed by atoms with Gasteiger partial charge in [-0.1, -0.05) is 0 Å². The van der Waals surface area contributed by atoms with Gasteiger partial charge < -0.3 is 4.57 Å². The van der Waals surface area contributed by atoms with E-state index in [9.17, 15) is 17.4 Å². The van der Waals surface area contributed by atoms with Crippen LogP contribution in [0.25, 0.3) is 0 Å². The van der Waals surface area contributed by atoms with Crippen LogP contribution in [0.5, 0.6) is 0 Å². The normalized spacial score (nSPS) is 13.6. The quantitative estimate of drug-likeness (QED) is 0.823. The van der Waals surface area contributed by atoms with Gasteiger partial charge in [0.1, 0.15) is 0 Å². The van der Waals surface area contributed by atoms with Gasteiger partial charge in [0.25, 0.3) is 0 Å². The number of rotatable bonds is 2. The molecule has 1 aromatic carbocycles. The number of aryl methyl sites for hydroxylation is 1. The molecule has 1 atom stereocenters. The van der Waals surface area contributed by atoms with Crippen LogP contribution >= 0.6 is 0 Å². The lowest BCUT2D eigenvalue weighted by molar-refractivity contribution is -0.137. The zero-order valence-corrected chi connectivity index (χ0v) is 10.3. The Morgan fingerprint density at radius 3 is 2.11 bits per heavy atom. The van der Waals surface area contributed by atoms with Crippen LogP contribution in [0.2, 0.25) is 0 Å². The summed E-state index contributed by atoms with van der Waals surface area (Å²) in [6.45, 7) is 0. The Labute approximate surface area is 105 Å². The van der Waals surface area contributed by atoms with Gasteiger partial charge in [0.15, 0.2) is 0 Å². The molecule has 0 radical (unpaired) electrons. The number of aromatic nitrogens is 1. The summed E-state index contributed by atoms with van der Waals surface area (Å²) in [5.41, 5.74) is -0.740. The van der Waals surface area contributed by atoms with E-state index in [1.165, 1.54) is 12.1 Å². The molecule has 1 heterocycles. The van der Waals surface area contributed by atoms with E-state index in [2.05, 4.69) is 0 Å². The molecule has 96 valence electrons. The minimum absolute atomic E-state index is 0.356. The van der Waals surface area contributed by atoms with Gasteiger partial charge >= 0.3 is 6.18 Å². The highest BCUT2D eigenvalue weighted by Crippen LogP contribution is 2.30. The lowest BCUT2D eigenvalue weighted by Crippen LogP contribution is -2.04. The molecule has 2 rings (SSSR count). The summed E-state index contributed by atoms with van der Waals surface area (Å²) in [6, 6.07) is 6.04. The SMILES string of the molecule is Cn1ccc(S(=O)c2ccc(C(F)(F)F)cc2)c1. The molecule has 0 aliphatic rings. The molecule has 0 N–H and O–H groups in total. The topological polar surface area (TPSA) is 22.0 Å². The average Bonchev–Trinajstić information content (AvgIpc) is 2.74. The first-order valence-electron chi connectivity index (χ1n) is 5.09. The lowest BCUT2D eigenvalue weighted by atomic mass is 10.2. The van der Waals surface area contributed by atoms with E-state index in [4.69, 9.17) is 0 Å². The number of halogens is 3. The van der Waals surface area contributed by atoms with Gasteiger partial charge in [0.2, 0.25) is 0 Å². The summed E-state index contributed by atoms with van der Waals surface area (Å²) in [5.74, 6) is 0. The third kappa shape index (κ3) is 2.64. The van der Waals surface area contributed by atoms with Gasteiger partial charge in [-0.3, -0.25) is 0 Å². The molecular weight excluding hydrogens is 263 g/mol. The Kier molecular flexibility index (Phi) is 3.30. The smallest absolute Gasteiger partial charge is 0.356 e. The molecule has 0 aliphatic carbocycles. The van der Waals surface area contributed by atoms with E-state index in [-0.39, 0.29) is 0 Å². The summed E-state index contributed by atoms with van der Waals surface area (Å²) < 4.78 is 50.9. The fraction of sp³-hybridized carbons (Fsp3) is 0.167. The minimum atomic E-state index is -4.37. The average molecular weight is 273 g/mol. The van der Waals surface area contributed by atoms with Crippen molar-refractivity contribution in [3.8, 4) is 0 Å². The van der Waals surface area contributed by atoms with Crippen molar-refractivity contribution >= 4 is 10.8 Å². The monoisotopic (exact) mass is 273 g/mol. The number of hydrogen-bond donors (Lipinski definition) is 0. The van der Waals surface area contributed by atoms with Crippen LogP contribution in [-0.4, -0.2) is 8.78 Å². The van der Waals surface area contributed by atoms with E-state index in [0.29, 0.717) is 9.79 Å². The number of alkyl halides is 3. The van der Waals surface area contributed by atoms with Crippen molar-refractivity contribution in [3.05, 3.63) is 48.3 Å². The lowest BCUT2D eigenvalue weighted by Gasteiger charge is -2.07. The number of hydrogen-bond acceptors (Lipinski definition) is 1. The van der Waals surface area contributed by atoms with Crippen LogP contribution in [0.3, 0.4) is 0 Å². The fourth-order valence-electron chi connectivity index (χ4n) is 1.49. The number of benzene rings is 1. The molecular formula is C12H10F3NOS. The largest absolute Gasteiger partial charge is 0.416 e. The van der Waals surface area contributed by atoms with Crippen LogP contribution in [0.1, 0.15) is 5.56 Å². The Hall–Kier alpha value is -1.56. The summed E-state index contributed by atoms with van der Waals surface area (Å²) in [7, 11) is 0.336. The molecule has 0 saturated carbocycles. The maximum absolute atomic E-state index is 12.4. The molecule has 2 aromatic rings. The maximum atomic E-state index is 12.4. The Morgan fingerprint density at radius 1 is 1.06 bits per heavy atom. The highest BCUT2D eigenvalue weighted by Gasteiger charge is 2.30. The first-order valence-corrected chi connectivity index (χ1v) is 6.24. The first-order chi connectivity index (χ1) is 8.38. The zero-order chi connectivity index (χ0) is 13.3. The maximum Gasteiger partial charge on any atom is 0.416 e. The van der Waals surface area contributed by atoms with Crippen molar-refractivity contribution in [3.63, 3.8) is 0 Å². The van der Waals surface area contributed by atoms with Crippen LogP contribution in [0, 0.1) is 0 Å². The minimum Gasteiger partial charge on any atom is -0.356 e. The van der Waals surface area contributed by atoms with Crippen molar-refractivity contribution < 1.29 is 17.4 Å². The highest BCUT2D eigenvalue weighted by atomic mass is 32.2. The van der Waals surface area contributed by atoms with Crippen LogP contribution < -0.4 is 0 Å². The van der Waals surface area contributed by atoms with Crippen LogP contribution in [-0.2, 0) is 24.0 Å². The van der Waals surface area contributed by atoms with E-state index in [1.807, 2.05) is 0 Å². The van der Waals surface area contributed by atoms with E-state index >= 15 is 0 Å². The van der Waals surface area contributed by atoms with E-state index < -0.39 is 22.5 Å². The van der Waals surface area contributed by atoms with Gasteiger partial charge in [0, 0.05) is 24.3 Å². The second-order valence-corrected chi connectivity index (χ2v) is 5.28. The van der Waals surface area contributed by atoms with Crippen molar-refractivity contribution in [2.45, 2.75) is 16.0 Å². The molecule has 0 amide bonds. The Morgan fingerprint density at radius 2 is 1.67 bits per heavy atom. The molecule has 1 unspecified atom stereocenters. The standard InChI is InChI=1S/C12H10F3NOS/c1-16-7-6-11(8-16)18(17)10-4-2-9(3-5-10)12(13,14)15/h2-8H,1H3. The van der Waals surface area contributed by atoms with Gasteiger partial charge in [-0.15, -0.1) is 0 Å². The predicted octanol–water partition coefficient (Wildman–Crippen LogP) is 3.21. The third-order valence-electron chi connectivity index (χ3n) is 2.41. The molecule has 1 aromatic heterocycles. The van der Waals surface area contributed by atoms with Gasteiger partial charge in [-0.2, -0.15) is 13.2 Å². The molecule has 18 heavy (non-hydrogen) atoms. The Balaban J connectivity index is 2.28. The van der Waals surface area contributed by atoms with E-state index in [1.54, 1.807) is 30.1 Å². The molecule has 0 bridgehead atoms. The first kappa shape index (κ1) is 12.9. The summed E-state index contributed by atoms with van der Waals surface area (Å²) in [6.07, 6.45) is -0.960. The van der Waals surface area contributed by atoms with Crippen LogP contribution in [0.15, 0.2) is 52.5 Å². The second kappa shape index (κ2) is 4.61. The van der Waals surface area contributed by atoms with Gasteiger partial charge in [0.05, 0.1) is 21.3 Å². The highest BCUT2D eigenvalue weighted by molar-refractivity contribution is 7.85. The molecule has 2 nitrogen and oxygen atoms in total. The van der Waals surface area contributed by atoms with Gasteiger partial charge in [-0.05, 0) is 30.3 Å². The predicted molar refractivity (Wildman–Crippen MR) is 61.5 cm³/mol. The summed E-state index contributed by atoms with van der Waals surface area (Å²) in [5, 5.41) is 0. The van der Waals surface area contributed by atoms with Crippen LogP contribution in [0.4, 0.5) is 13.2 Å². The molecule has 0 saturated heterocycles. The van der Waals surface area contributed by atoms with E-state index in [0.717, 1.165) is 12.1 Å². The summed E-state index contributed by atoms with van der Waals surface area (Å²) >= 11 is 0. The number of nitrogens with zero attached hydrogens (tertiary/aromatic N) is 1. The van der Waals surface area contributed by atoms with Crippen molar-refractivity contribution in [2.75, 3.05) is 0 Å².